The normalized spacial score (nSPS) is 30.3. The van der Waals surface area contributed by atoms with Crippen LogP contribution in [0.4, 0.5) is 5.69 Å². The van der Waals surface area contributed by atoms with E-state index in [4.69, 9.17) is 23.8 Å². The van der Waals surface area contributed by atoms with Crippen LogP contribution in [0.1, 0.15) is 109 Å². The molecular weight excluding hydrogens is 776 g/mol. The lowest BCUT2D eigenvalue weighted by Gasteiger charge is -2.38. The SMILES string of the molecule is CCCCC(CC)O/N=C/c1c2c(O)c3c(O)c(C)c4c(c3c1O)C(=O)C(C)(O/C=C/C(OC)C(C)C(OC(C)=O)C(C)C(O)C(C)C(O)C(C)/C=C/C=C(\C)C(=O)N2)O4. The zero-order valence-electron chi connectivity index (χ0n) is 36.4. The van der Waals surface area contributed by atoms with E-state index in [2.05, 4.69) is 17.4 Å². The molecule has 0 radical (unpaired) electrons. The molecule has 60 heavy (non-hydrogen) atoms. The van der Waals surface area contributed by atoms with E-state index in [1.54, 1.807) is 39.8 Å². The smallest absolute Gasteiger partial charge is 0.312 e. The number of anilines is 1. The molecule has 10 unspecified atom stereocenters. The zero-order chi connectivity index (χ0) is 44.8. The van der Waals surface area contributed by atoms with Gasteiger partial charge in [0, 0.05) is 61.2 Å². The summed E-state index contributed by atoms with van der Waals surface area (Å²) in [4.78, 5) is 46.2. The molecule has 3 heterocycles. The van der Waals surface area contributed by atoms with Crippen molar-refractivity contribution in [3.8, 4) is 23.0 Å². The number of allylic oxidation sites excluding steroid dienone is 2. The number of oxime groups is 1. The summed E-state index contributed by atoms with van der Waals surface area (Å²) in [5.41, 5.74) is -0.555. The first kappa shape index (κ1) is 47.6. The maximum Gasteiger partial charge on any atom is 0.312 e. The number of nitrogens with one attached hydrogen (secondary N) is 1. The van der Waals surface area contributed by atoms with Crippen molar-refractivity contribution in [2.75, 3.05) is 12.4 Å². The van der Waals surface area contributed by atoms with Crippen molar-refractivity contribution in [3.05, 3.63) is 52.8 Å². The molecule has 2 aromatic carbocycles. The van der Waals surface area contributed by atoms with Gasteiger partial charge < -0.3 is 54.6 Å². The molecule has 0 saturated carbocycles. The fourth-order valence-electron chi connectivity index (χ4n) is 7.80. The van der Waals surface area contributed by atoms with Gasteiger partial charge in [-0.3, -0.25) is 14.4 Å². The third kappa shape index (κ3) is 9.74. The fourth-order valence-corrected chi connectivity index (χ4v) is 7.80. The summed E-state index contributed by atoms with van der Waals surface area (Å²) in [6, 6.07) is 0. The Hall–Kier alpha value is -5.12. The number of carbonyl (C=O) groups excluding carboxylic acids is 3. The number of hydrogen-bond donors (Lipinski definition) is 6. The first-order valence-electron chi connectivity index (χ1n) is 20.5. The standard InChI is InChI=1S/C45H62N2O13/c1-12-14-18-29(13-2)60-46-21-30-35-40(53)33-32(39(30)52)34-42(27(8)38(33)51)59-45(10,43(34)54)57-20-19-31(56-11)24(5)41(58-28(9)48)26(7)37(50)25(6)36(49)22(3)16-15-17-23(4)44(55)47-35/h15-17,19-22,24-26,29,31,36-37,41,49-53H,12-14,18H2,1-11H3,(H,47,55)/b16-15+,20-19+,23-17+,46-21+. The number of aliphatic hydroxyl groups excluding tert-OH is 2. The Morgan fingerprint density at radius 1 is 0.983 bits per heavy atom. The molecule has 330 valence electrons. The lowest BCUT2D eigenvalue weighted by Crippen LogP contribution is -2.46. The van der Waals surface area contributed by atoms with Gasteiger partial charge in [0.2, 0.25) is 0 Å². The van der Waals surface area contributed by atoms with E-state index in [0.717, 1.165) is 19.1 Å². The van der Waals surface area contributed by atoms with Gasteiger partial charge in [0.1, 0.15) is 29.5 Å². The summed E-state index contributed by atoms with van der Waals surface area (Å²) < 4.78 is 23.6. The average molecular weight is 839 g/mol. The summed E-state index contributed by atoms with van der Waals surface area (Å²) in [6.07, 6.45) is 7.53. The van der Waals surface area contributed by atoms with E-state index in [1.807, 2.05) is 6.92 Å². The molecule has 0 aliphatic carbocycles. The number of phenols is 3. The summed E-state index contributed by atoms with van der Waals surface area (Å²) in [5, 5.41) is 64.5. The molecule has 2 aromatic rings. The summed E-state index contributed by atoms with van der Waals surface area (Å²) in [6.45, 7) is 16.5. The molecule has 5 bridgehead atoms. The number of phenolic OH excluding ortho intramolecular Hbond substituents is 3. The molecule has 3 aliphatic heterocycles. The van der Waals surface area contributed by atoms with Crippen LogP contribution in [0.3, 0.4) is 0 Å². The largest absolute Gasteiger partial charge is 0.507 e. The van der Waals surface area contributed by atoms with E-state index in [1.165, 1.54) is 53.2 Å². The van der Waals surface area contributed by atoms with E-state index >= 15 is 0 Å². The molecular formula is C45H62N2O13. The number of esters is 1. The molecule has 0 saturated heterocycles. The average Bonchev–Trinajstić information content (AvgIpc) is 3.48. The lowest BCUT2D eigenvalue weighted by molar-refractivity contribution is -0.160. The second-order valence-electron chi connectivity index (χ2n) is 16.1. The lowest BCUT2D eigenvalue weighted by atomic mass is 9.78. The minimum absolute atomic E-state index is 0.0398. The van der Waals surface area contributed by atoms with Gasteiger partial charge in [0.25, 0.3) is 11.7 Å². The van der Waals surface area contributed by atoms with Crippen molar-refractivity contribution in [1.82, 2.24) is 0 Å². The number of carbonyl (C=O) groups is 3. The zero-order valence-corrected chi connectivity index (χ0v) is 36.4. The fraction of sp³-hybridized carbons (Fsp3) is 0.556. The van der Waals surface area contributed by atoms with Crippen molar-refractivity contribution in [2.45, 2.75) is 131 Å². The second-order valence-corrected chi connectivity index (χ2v) is 16.1. The number of fused-ring (bicyclic) bond motifs is 14. The minimum atomic E-state index is -2.06. The number of benzene rings is 2. The van der Waals surface area contributed by atoms with Crippen LogP contribution >= 0.6 is 0 Å². The maximum absolute atomic E-state index is 14.4. The number of rotatable bonds is 9. The van der Waals surface area contributed by atoms with Gasteiger partial charge in [-0.15, -0.1) is 0 Å². The number of aromatic hydroxyl groups is 3. The third-order valence-corrected chi connectivity index (χ3v) is 11.8. The monoisotopic (exact) mass is 838 g/mol. The quantitative estimate of drug-likeness (QED) is 0.0489. The topological polar surface area (TPSA) is 223 Å². The molecule has 0 fully saturated rings. The van der Waals surface area contributed by atoms with Crippen molar-refractivity contribution < 1.29 is 63.7 Å². The Balaban J connectivity index is 1.97. The van der Waals surface area contributed by atoms with Crippen LogP contribution in [0, 0.1) is 30.6 Å². The van der Waals surface area contributed by atoms with Crippen LogP contribution in [-0.2, 0) is 28.6 Å². The predicted molar refractivity (Wildman–Crippen MR) is 226 cm³/mol. The summed E-state index contributed by atoms with van der Waals surface area (Å²) >= 11 is 0. The molecule has 10 atom stereocenters. The summed E-state index contributed by atoms with van der Waals surface area (Å²) in [5.74, 6) is -8.57. The first-order chi connectivity index (χ1) is 28.3. The van der Waals surface area contributed by atoms with Crippen LogP contribution in [0.25, 0.3) is 10.8 Å². The van der Waals surface area contributed by atoms with Crippen LogP contribution < -0.4 is 10.1 Å². The highest BCUT2D eigenvalue weighted by Gasteiger charge is 2.50. The van der Waals surface area contributed by atoms with Crippen LogP contribution in [0.2, 0.25) is 0 Å². The molecule has 3 aliphatic rings. The van der Waals surface area contributed by atoms with Crippen LogP contribution in [-0.4, -0.2) is 92.8 Å². The van der Waals surface area contributed by atoms with Crippen LogP contribution in [0.5, 0.6) is 23.0 Å². The molecule has 5 rings (SSSR count). The van der Waals surface area contributed by atoms with Crippen LogP contribution in [0.15, 0.2) is 41.3 Å². The number of ether oxygens (including phenoxy) is 4. The third-order valence-electron chi connectivity index (χ3n) is 11.8. The molecule has 0 aromatic heterocycles. The van der Waals surface area contributed by atoms with Gasteiger partial charge in [-0.2, -0.15) is 0 Å². The van der Waals surface area contributed by atoms with Gasteiger partial charge in [-0.1, -0.05) is 71.3 Å². The van der Waals surface area contributed by atoms with Crippen molar-refractivity contribution in [1.29, 1.82) is 0 Å². The molecule has 1 amide bonds. The van der Waals surface area contributed by atoms with Crippen molar-refractivity contribution in [3.63, 3.8) is 0 Å². The van der Waals surface area contributed by atoms with E-state index in [-0.39, 0.29) is 50.6 Å². The Kier molecular flexibility index (Phi) is 15.8. The van der Waals surface area contributed by atoms with E-state index in [0.29, 0.717) is 12.8 Å². The Morgan fingerprint density at radius 2 is 1.67 bits per heavy atom. The number of amides is 1. The minimum Gasteiger partial charge on any atom is -0.507 e. The number of aliphatic hydroxyl groups is 2. The second kappa shape index (κ2) is 20.0. The van der Waals surface area contributed by atoms with Crippen molar-refractivity contribution in [2.24, 2.45) is 28.8 Å². The number of ketones is 1. The van der Waals surface area contributed by atoms with E-state index in [9.17, 15) is 39.9 Å². The molecule has 0 spiro atoms. The van der Waals surface area contributed by atoms with Gasteiger partial charge in [0.05, 0.1) is 53.0 Å². The van der Waals surface area contributed by atoms with Crippen molar-refractivity contribution >= 4 is 40.3 Å². The number of hydrogen-bond acceptors (Lipinski definition) is 14. The van der Waals surface area contributed by atoms with Gasteiger partial charge in [-0.25, -0.2) is 0 Å². The molecule has 6 N–H and O–H groups in total. The highest BCUT2D eigenvalue weighted by Crippen LogP contribution is 2.55. The first-order valence-corrected chi connectivity index (χ1v) is 20.5. The molecule has 15 nitrogen and oxygen atoms in total. The number of Topliss-reactive ketones (excluding diaryl/α,β-unsaturated/α-hetero) is 1. The highest BCUT2D eigenvalue weighted by atomic mass is 16.7. The number of methoxy groups -OCH3 is 1. The maximum atomic E-state index is 14.4. The van der Waals surface area contributed by atoms with Gasteiger partial charge in [-0.05, 0) is 39.2 Å². The predicted octanol–water partition coefficient (Wildman–Crippen LogP) is 7.07. The Labute approximate surface area is 351 Å². The Bertz CT molecular complexity index is 2040. The number of nitrogens with zero attached hydrogens (tertiary/aromatic N) is 1. The van der Waals surface area contributed by atoms with Gasteiger partial charge >= 0.3 is 11.8 Å². The Morgan fingerprint density at radius 3 is 2.28 bits per heavy atom. The van der Waals surface area contributed by atoms with Gasteiger partial charge in [0.15, 0.2) is 5.75 Å². The number of unbranched alkanes of at least 4 members (excludes halogenated alkanes) is 1. The summed E-state index contributed by atoms with van der Waals surface area (Å²) in [7, 11) is 1.43. The van der Waals surface area contributed by atoms with E-state index < -0.39 is 88.8 Å². The molecule has 15 heteroatoms. The highest BCUT2D eigenvalue weighted by molar-refractivity contribution is 6.23.